The molecule has 8 heavy (non-hydrogen) atoms. The molecule has 0 saturated carbocycles. The van der Waals surface area contributed by atoms with Gasteiger partial charge in [-0.2, -0.15) is 0 Å². The predicted molar refractivity (Wildman–Crippen MR) is 27.5 cm³/mol. The van der Waals surface area contributed by atoms with Crippen molar-refractivity contribution in [3.05, 3.63) is 16.8 Å². The summed E-state index contributed by atoms with van der Waals surface area (Å²) >= 11 is 0. The number of nitroso groups, excluding NO2 is 1. The second-order valence-corrected chi connectivity index (χ2v) is 1.37. The molecule has 0 radical (unpaired) electrons. The normalized spacial score (nSPS) is 18.2. The van der Waals surface area contributed by atoms with Gasteiger partial charge in [-0.25, -0.2) is 0 Å². The van der Waals surface area contributed by atoms with Gasteiger partial charge in [-0.1, -0.05) is 0 Å². The Balaban J connectivity index is 2.98. The minimum Gasteiger partial charge on any atom is -0.390 e. The van der Waals surface area contributed by atoms with Gasteiger partial charge >= 0.3 is 0 Å². The lowest BCUT2D eigenvalue weighted by molar-refractivity contribution is -0.480. The molecule has 1 heterocycles. The van der Waals surface area contributed by atoms with Crippen molar-refractivity contribution in [2.45, 2.75) is 0 Å². The molecule has 0 aliphatic carbocycles. The maximum atomic E-state index is 10.2. The Morgan fingerprint density at radius 1 is 1.62 bits per heavy atom. The molecule has 0 amide bonds. The summed E-state index contributed by atoms with van der Waals surface area (Å²) in [4.78, 5) is 10.5. The van der Waals surface area contributed by atoms with Gasteiger partial charge in [0.25, 0.3) is 6.20 Å². The predicted octanol–water partition coefficient (Wildman–Crippen LogP) is -1.15. The molecule has 0 aromatic rings. The minimum absolute atomic E-state index is 0.0833. The highest BCUT2D eigenvalue weighted by atomic mass is 16.3. The van der Waals surface area contributed by atoms with Crippen molar-refractivity contribution in [3.8, 4) is 0 Å². The molecule has 0 unspecified atom stereocenters. The SMILES string of the molecule is NC1=C[N+](=O)N=C1N. The molecule has 0 bridgehead atoms. The van der Waals surface area contributed by atoms with Crippen LogP contribution in [0.25, 0.3) is 0 Å². The second kappa shape index (κ2) is 1.29. The minimum atomic E-state index is 0.0833. The van der Waals surface area contributed by atoms with Crippen LogP contribution in [0.5, 0.6) is 0 Å². The molecule has 1 rings (SSSR count). The molecule has 1 aliphatic heterocycles. The fraction of sp³-hybridized carbons (Fsp3) is 0. The van der Waals surface area contributed by atoms with E-state index in [-0.39, 0.29) is 11.5 Å². The van der Waals surface area contributed by atoms with Crippen LogP contribution in [0.4, 0.5) is 0 Å². The van der Waals surface area contributed by atoms with E-state index in [0.717, 1.165) is 6.20 Å². The number of rotatable bonds is 0. The van der Waals surface area contributed by atoms with Crippen LogP contribution in [0.2, 0.25) is 0 Å². The summed E-state index contributed by atoms with van der Waals surface area (Å²) in [7, 11) is 0. The van der Waals surface area contributed by atoms with Crippen LogP contribution in [0, 0.1) is 4.91 Å². The highest BCUT2D eigenvalue weighted by Gasteiger charge is 2.18. The maximum absolute atomic E-state index is 10.2. The van der Waals surface area contributed by atoms with Gasteiger partial charge in [0.15, 0.2) is 10.6 Å². The molecule has 0 spiro atoms. The van der Waals surface area contributed by atoms with Crippen LogP contribution in [0.15, 0.2) is 17.0 Å². The van der Waals surface area contributed by atoms with Gasteiger partial charge in [-0.3, -0.25) is 0 Å². The molecule has 0 fully saturated rings. The average molecular weight is 113 g/mol. The summed E-state index contributed by atoms with van der Waals surface area (Å²) in [6, 6.07) is 0. The van der Waals surface area contributed by atoms with E-state index < -0.39 is 0 Å². The largest absolute Gasteiger partial charge is 0.390 e. The van der Waals surface area contributed by atoms with Crippen LogP contribution < -0.4 is 11.5 Å². The van der Waals surface area contributed by atoms with Crippen LogP contribution in [0.3, 0.4) is 0 Å². The molecular formula is C3H5N4O+. The first kappa shape index (κ1) is 4.76. The van der Waals surface area contributed by atoms with Crippen molar-refractivity contribution in [1.82, 2.24) is 0 Å². The van der Waals surface area contributed by atoms with E-state index >= 15 is 0 Å². The van der Waals surface area contributed by atoms with Crippen LogP contribution in [-0.2, 0) is 0 Å². The van der Waals surface area contributed by atoms with Crippen molar-refractivity contribution in [1.29, 1.82) is 0 Å². The van der Waals surface area contributed by atoms with Gasteiger partial charge in [0.2, 0.25) is 5.84 Å². The van der Waals surface area contributed by atoms with Crippen LogP contribution >= 0.6 is 0 Å². The molecule has 4 N–H and O–H groups in total. The maximum Gasteiger partial charge on any atom is 0.286 e. The van der Waals surface area contributed by atoms with Crippen molar-refractivity contribution in [3.63, 3.8) is 0 Å². The Labute approximate surface area is 45.2 Å². The Morgan fingerprint density at radius 2 is 2.25 bits per heavy atom. The van der Waals surface area contributed by atoms with E-state index in [2.05, 4.69) is 5.10 Å². The fourth-order valence-corrected chi connectivity index (χ4v) is 0.378. The number of nitrogens with two attached hydrogens (primary N) is 2. The zero-order chi connectivity index (χ0) is 6.15. The highest BCUT2D eigenvalue weighted by molar-refractivity contribution is 5.96. The molecular weight excluding hydrogens is 108 g/mol. The van der Waals surface area contributed by atoms with E-state index in [9.17, 15) is 4.91 Å². The summed E-state index contributed by atoms with van der Waals surface area (Å²) in [5.41, 5.74) is 10.4. The average Bonchev–Trinajstić information content (AvgIpc) is 1.85. The standard InChI is InChI=1S/C3H5N4O/c4-2-1-7(8)6-3(2)5/h1H,(H4,4,5,6,8)/q+1. The van der Waals surface area contributed by atoms with Crippen LogP contribution in [-0.4, -0.2) is 10.7 Å². The first-order valence-electron chi connectivity index (χ1n) is 1.98. The molecule has 42 valence electrons. The van der Waals surface area contributed by atoms with Gasteiger partial charge in [-0.15, -0.1) is 0 Å². The van der Waals surface area contributed by atoms with E-state index in [1.807, 2.05) is 0 Å². The number of hydrogen-bond donors (Lipinski definition) is 2. The van der Waals surface area contributed by atoms with Crippen molar-refractivity contribution in [2.24, 2.45) is 16.6 Å². The van der Waals surface area contributed by atoms with Crippen molar-refractivity contribution < 1.29 is 4.87 Å². The quantitative estimate of drug-likeness (QED) is 0.389. The van der Waals surface area contributed by atoms with E-state index in [0.29, 0.717) is 4.87 Å². The second-order valence-electron chi connectivity index (χ2n) is 1.37. The first-order chi connectivity index (χ1) is 3.70. The van der Waals surface area contributed by atoms with Crippen molar-refractivity contribution >= 4 is 5.84 Å². The first-order valence-corrected chi connectivity index (χ1v) is 1.98. The lowest BCUT2D eigenvalue weighted by atomic mass is 10.5. The van der Waals surface area contributed by atoms with Gasteiger partial charge in [0, 0.05) is 0 Å². The lowest BCUT2D eigenvalue weighted by Gasteiger charge is -1.78. The third-order valence-corrected chi connectivity index (χ3v) is 0.752. The Kier molecular flexibility index (Phi) is 0.768. The Morgan fingerprint density at radius 3 is 2.38 bits per heavy atom. The number of hydrazone groups is 1. The zero-order valence-electron chi connectivity index (χ0n) is 4.03. The van der Waals surface area contributed by atoms with E-state index in [1.165, 1.54) is 0 Å². The van der Waals surface area contributed by atoms with Gasteiger partial charge in [0.1, 0.15) is 0 Å². The number of amidine groups is 1. The molecule has 5 nitrogen and oxygen atoms in total. The van der Waals surface area contributed by atoms with E-state index in [1.54, 1.807) is 0 Å². The highest BCUT2D eigenvalue weighted by Crippen LogP contribution is 1.94. The van der Waals surface area contributed by atoms with Gasteiger partial charge < -0.3 is 11.5 Å². The van der Waals surface area contributed by atoms with E-state index in [4.69, 9.17) is 11.5 Å². The molecule has 5 heteroatoms. The fourth-order valence-electron chi connectivity index (χ4n) is 0.378. The summed E-state index contributed by atoms with van der Waals surface area (Å²) in [6.45, 7) is 0. The molecule has 0 saturated heterocycles. The summed E-state index contributed by atoms with van der Waals surface area (Å²) in [5, 5.41) is 3.22. The van der Waals surface area contributed by atoms with Crippen molar-refractivity contribution in [2.75, 3.05) is 0 Å². The number of hydrogen-bond acceptors (Lipinski definition) is 3. The van der Waals surface area contributed by atoms with Gasteiger partial charge in [-0.05, 0) is 0 Å². The third-order valence-electron chi connectivity index (χ3n) is 0.752. The third kappa shape index (κ3) is 0.534. The van der Waals surface area contributed by atoms with Crippen LogP contribution in [0.1, 0.15) is 0 Å². The lowest BCUT2D eigenvalue weighted by Crippen LogP contribution is -2.17. The zero-order valence-corrected chi connectivity index (χ0v) is 4.03. The summed E-state index contributed by atoms with van der Waals surface area (Å²) in [6.07, 6.45) is 1.11. The summed E-state index contributed by atoms with van der Waals surface area (Å²) < 4.78 is 0. The molecule has 0 atom stereocenters. The molecule has 0 aromatic carbocycles. The Bertz CT molecular complexity index is 171. The summed E-state index contributed by atoms with van der Waals surface area (Å²) in [5.74, 6) is 0.0833. The topological polar surface area (TPSA) is 84.5 Å². The van der Waals surface area contributed by atoms with Gasteiger partial charge in [0.05, 0.1) is 10.0 Å². The number of nitrogens with zero attached hydrogens (tertiary/aromatic N) is 2. The molecule has 1 aliphatic rings. The monoisotopic (exact) mass is 113 g/mol. The Hall–Kier alpha value is -1.39. The molecule has 0 aromatic heterocycles. The smallest absolute Gasteiger partial charge is 0.286 e.